The Labute approximate surface area is 116 Å². The molecular formula is C12H15ClN2O2S. The molecule has 0 radical (unpaired) electrons. The summed E-state index contributed by atoms with van der Waals surface area (Å²) in [4.78, 5) is 13.8. The molecule has 0 aliphatic carbocycles. The van der Waals surface area contributed by atoms with E-state index in [0.29, 0.717) is 10.8 Å². The first-order valence-corrected chi connectivity index (χ1v) is 7.09. The zero-order chi connectivity index (χ0) is 13.1. The number of anilines is 1. The van der Waals surface area contributed by atoms with Crippen LogP contribution < -0.4 is 15.0 Å². The molecule has 1 aliphatic rings. The van der Waals surface area contributed by atoms with Crippen LogP contribution in [0.3, 0.4) is 0 Å². The lowest BCUT2D eigenvalue weighted by Gasteiger charge is -2.21. The minimum Gasteiger partial charge on any atom is -0.495 e. The van der Waals surface area contributed by atoms with Gasteiger partial charge < -0.3 is 9.64 Å². The number of nitrogens with one attached hydrogen (secondary N) is 1. The zero-order valence-corrected chi connectivity index (χ0v) is 11.8. The van der Waals surface area contributed by atoms with Gasteiger partial charge in [-0.2, -0.15) is 0 Å². The van der Waals surface area contributed by atoms with Gasteiger partial charge in [-0.05, 0) is 18.2 Å². The van der Waals surface area contributed by atoms with E-state index in [4.69, 9.17) is 16.3 Å². The number of likely N-dealkylation sites (N-methyl/N-ethyl adjacent to an activating group) is 1. The number of halogens is 1. The summed E-state index contributed by atoms with van der Waals surface area (Å²) in [5.41, 5.74) is 0.768. The van der Waals surface area contributed by atoms with Gasteiger partial charge in [0.1, 0.15) is 5.75 Å². The standard InChI is InChI=1S/C12H15ClN2O2S/c1-15(12(16)10-6-18-7-14-10)8-3-4-11(17-2)9(13)5-8/h3-5,10,14H,6-7H2,1-2H3. The monoisotopic (exact) mass is 286 g/mol. The molecule has 1 amide bonds. The molecule has 1 aliphatic heterocycles. The molecule has 1 saturated heterocycles. The van der Waals surface area contributed by atoms with Gasteiger partial charge in [-0.1, -0.05) is 11.6 Å². The van der Waals surface area contributed by atoms with Crippen LogP contribution in [0, 0.1) is 0 Å². The van der Waals surface area contributed by atoms with Crippen molar-refractivity contribution in [3.05, 3.63) is 23.2 Å². The summed E-state index contributed by atoms with van der Waals surface area (Å²) >= 11 is 7.78. The van der Waals surface area contributed by atoms with Crippen LogP contribution in [-0.4, -0.2) is 37.7 Å². The highest BCUT2D eigenvalue weighted by molar-refractivity contribution is 7.99. The normalized spacial score (nSPS) is 18.7. The van der Waals surface area contributed by atoms with Crippen LogP contribution in [0.25, 0.3) is 0 Å². The molecule has 0 spiro atoms. The molecule has 1 aromatic carbocycles. The quantitative estimate of drug-likeness (QED) is 0.922. The number of amides is 1. The Morgan fingerprint density at radius 1 is 1.61 bits per heavy atom. The van der Waals surface area contributed by atoms with Crippen LogP contribution >= 0.6 is 23.4 Å². The summed E-state index contributed by atoms with van der Waals surface area (Å²) in [5, 5.41) is 3.66. The number of nitrogens with zero attached hydrogens (tertiary/aromatic N) is 1. The van der Waals surface area contributed by atoms with E-state index in [1.165, 1.54) is 0 Å². The molecule has 1 N–H and O–H groups in total. The molecule has 6 heteroatoms. The maximum atomic E-state index is 12.2. The van der Waals surface area contributed by atoms with E-state index in [1.54, 1.807) is 43.0 Å². The fourth-order valence-electron chi connectivity index (χ4n) is 1.78. The van der Waals surface area contributed by atoms with Crippen molar-refractivity contribution in [2.45, 2.75) is 6.04 Å². The minimum atomic E-state index is -0.110. The summed E-state index contributed by atoms with van der Waals surface area (Å²) in [6.45, 7) is 0. The van der Waals surface area contributed by atoms with Gasteiger partial charge in [0, 0.05) is 24.4 Å². The first-order chi connectivity index (χ1) is 8.63. The van der Waals surface area contributed by atoms with Crippen molar-refractivity contribution in [3.8, 4) is 5.75 Å². The van der Waals surface area contributed by atoms with Crippen molar-refractivity contribution >= 4 is 35.0 Å². The van der Waals surface area contributed by atoms with E-state index in [9.17, 15) is 4.79 Å². The number of ether oxygens (including phenoxy) is 1. The van der Waals surface area contributed by atoms with Gasteiger partial charge in [0.25, 0.3) is 0 Å². The Kier molecular flexibility index (Phi) is 4.37. The van der Waals surface area contributed by atoms with Crippen molar-refractivity contribution < 1.29 is 9.53 Å². The minimum absolute atomic E-state index is 0.0567. The SMILES string of the molecule is COc1ccc(N(C)C(=O)C2CSCN2)cc1Cl. The predicted octanol–water partition coefficient (Wildman–Crippen LogP) is 1.97. The highest BCUT2D eigenvalue weighted by atomic mass is 35.5. The summed E-state index contributed by atoms with van der Waals surface area (Å²) in [6.07, 6.45) is 0. The van der Waals surface area contributed by atoms with Crippen LogP contribution in [0.4, 0.5) is 5.69 Å². The number of carbonyl (C=O) groups excluding carboxylic acids is 1. The Morgan fingerprint density at radius 2 is 2.39 bits per heavy atom. The molecule has 2 rings (SSSR count). The summed E-state index contributed by atoms with van der Waals surface area (Å²) < 4.78 is 5.09. The van der Waals surface area contributed by atoms with Gasteiger partial charge in [0.2, 0.25) is 5.91 Å². The number of hydrogen-bond acceptors (Lipinski definition) is 4. The fourth-order valence-corrected chi connectivity index (χ4v) is 2.96. The first-order valence-electron chi connectivity index (χ1n) is 5.55. The van der Waals surface area contributed by atoms with E-state index in [-0.39, 0.29) is 11.9 Å². The second-order valence-electron chi connectivity index (χ2n) is 3.99. The van der Waals surface area contributed by atoms with Gasteiger partial charge >= 0.3 is 0 Å². The number of rotatable bonds is 3. The average molecular weight is 287 g/mol. The van der Waals surface area contributed by atoms with Crippen LogP contribution in [0.1, 0.15) is 0 Å². The summed E-state index contributed by atoms with van der Waals surface area (Å²) in [7, 11) is 3.32. The van der Waals surface area contributed by atoms with Crippen LogP contribution in [-0.2, 0) is 4.79 Å². The van der Waals surface area contributed by atoms with E-state index in [0.717, 1.165) is 17.3 Å². The largest absolute Gasteiger partial charge is 0.495 e. The number of benzene rings is 1. The van der Waals surface area contributed by atoms with E-state index < -0.39 is 0 Å². The second-order valence-corrected chi connectivity index (χ2v) is 5.43. The van der Waals surface area contributed by atoms with E-state index in [1.807, 2.05) is 6.07 Å². The third-order valence-electron chi connectivity index (χ3n) is 2.87. The van der Waals surface area contributed by atoms with Crippen LogP contribution in [0.2, 0.25) is 5.02 Å². The first kappa shape index (κ1) is 13.5. The molecule has 0 aromatic heterocycles. The zero-order valence-electron chi connectivity index (χ0n) is 10.3. The molecule has 0 saturated carbocycles. The summed E-state index contributed by atoms with van der Waals surface area (Å²) in [6, 6.07) is 5.21. The highest BCUT2D eigenvalue weighted by Crippen LogP contribution is 2.29. The molecule has 1 unspecified atom stereocenters. The van der Waals surface area contributed by atoms with Crippen LogP contribution in [0.5, 0.6) is 5.75 Å². The molecule has 4 nitrogen and oxygen atoms in total. The fraction of sp³-hybridized carbons (Fsp3) is 0.417. The van der Waals surface area contributed by atoms with Crippen molar-refractivity contribution in [2.75, 3.05) is 30.7 Å². The number of thioether (sulfide) groups is 1. The Balaban J connectivity index is 2.15. The van der Waals surface area contributed by atoms with Crippen molar-refractivity contribution in [3.63, 3.8) is 0 Å². The Hall–Kier alpha value is -0.910. The summed E-state index contributed by atoms with van der Waals surface area (Å²) in [5.74, 6) is 2.30. The molecule has 1 fully saturated rings. The molecule has 18 heavy (non-hydrogen) atoms. The highest BCUT2D eigenvalue weighted by Gasteiger charge is 2.26. The molecule has 0 bridgehead atoms. The Bertz CT molecular complexity index is 450. The molecule has 1 atom stereocenters. The molecule has 1 aromatic rings. The third-order valence-corrected chi connectivity index (χ3v) is 4.10. The topological polar surface area (TPSA) is 41.6 Å². The van der Waals surface area contributed by atoms with E-state index >= 15 is 0 Å². The molecular weight excluding hydrogens is 272 g/mol. The average Bonchev–Trinajstić information content (AvgIpc) is 2.90. The van der Waals surface area contributed by atoms with Gasteiger partial charge in [-0.25, -0.2) is 0 Å². The maximum Gasteiger partial charge on any atom is 0.244 e. The predicted molar refractivity (Wildman–Crippen MR) is 75.7 cm³/mol. The van der Waals surface area contributed by atoms with Crippen molar-refractivity contribution in [2.24, 2.45) is 0 Å². The van der Waals surface area contributed by atoms with Crippen molar-refractivity contribution in [1.29, 1.82) is 0 Å². The second kappa shape index (κ2) is 5.82. The van der Waals surface area contributed by atoms with Crippen molar-refractivity contribution in [1.82, 2.24) is 5.32 Å². The number of methoxy groups -OCH3 is 1. The van der Waals surface area contributed by atoms with Gasteiger partial charge in [0.15, 0.2) is 0 Å². The smallest absolute Gasteiger partial charge is 0.244 e. The third kappa shape index (κ3) is 2.74. The lowest BCUT2D eigenvalue weighted by Crippen LogP contribution is -2.43. The Morgan fingerprint density at radius 3 is 2.94 bits per heavy atom. The van der Waals surface area contributed by atoms with Gasteiger partial charge in [0.05, 0.1) is 18.2 Å². The molecule has 1 heterocycles. The van der Waals surface area contributed by atoms with Gasteiger partial charge in [-0.3, -0.25) is 10.1 Å². The lowest BCUT2D eigenvalue weighted by molar-refractivity contribution is -0.119. The lowest BCUT2D eigenvalue weighted by atomic mass is 10.2. The van der Waals surface area contributed by atoms with Gasteiger partial charge in [-0.15, -0.1) is 11.8 Å². The maximum absolute atomic E-state index is 12.2. The van der Waals surface area contributed by atoms with Crippen LogP contribution in [0.15, 0.2) is 18.2 Å². The molecule has 98 valence electrons. The number of carbonyl (C=O) groups is 1. The van der Waals surface area contributed by atoms with E-state index in [2.05, 4.69) is 5.32 Å². The number of hydrogen-bond donors (Lipinski definition) is 1.